The van der Waals surface area contributed by atoms with Gasteiger partial charge in [0.2, 0.25) is 5.12 Å². The van der Waals surface area contributed by atoms with E-state index in [1.54, 1.807) is 0 Å². The van der Waals surface area contributed by atoms with Crippen LogP contribution < -0.4 is 0 Å². The highest BCUT2D eigenvalue weighted by Gasteiger charge is 2.28. The Morgan fingerprint density at radius 2 is 2.00 bits per heavy atom. The molecule has 0 heterocycles. The van der Waals surface area contributed by atoms with Crippen molar-refractivity contribution in [2.24, 2.45) is 0 Å². The van der Waals surface area contributed by atoms with Gasteiger partial charge in [-0.25, -0.2) is 0 Å². The largest absolute Gasteiger partial charge is 0.392 e. The molecule has 0 aromatic heterocycles. The first-order valence-electron chi connectivity index (χ1n) is 5.21. The lowest BCUT2D eigenvalue weighted by Gasteiger charge is -2.12. The first-order chi connectivity index (χ1) is 7.27. The maximum absolute atomic E-state index is 11.8. The van der Waals surface area contributed by atoms with Crippen molar-refractivity contribution in [1.29, 1.82) is 0 Å². The minimum absolute atomic E-state index is 0.0709. The minimum atomic E-state index is -0.303. The molecule has 0 bridgehead atoms. The Bertz CT molecular complexity index is 337. The highest BCUT2D eigenvalue weighted by molar-refractivity contribution is 8.14. The average molecular weight is 222 g/mol. The molecule has 0 amide bonds. The molecule has 1 aliphatic carbocycles. The second-order valence-electron chi connectivity index (χ2n) is 3.81. The summed E-state index contributed by atoms with van der Waals surface area (Å²) in [5.74, 6) is 0. The van der Waals surface area contributed by atoms with E-state index in [1.165, 1.54) is 11.8 Å². The van der Waals surface area contributed by atoms with Crippen molar-refractivity contribution in [3.8, 4) is 0 Å². The Hall–Kier alpha value is -0.800. The average Bonchev–Trinajstić information content (AvgIpc) is 2.66. The maximum atomic E-state index is 11.8. The van der Waals surface area contributed by atoms with Crippen LogP contribution in [0, 0.1) is 0 Å². The van der Waals surface area contributed by atoms with E-state index in [-0.39, 0.29) is 16.5 Å². The quantitative estimate of drug-likeness (QED) is 0.835. The lowest BCUT2D eigenvalue weighted by Crippen LogP contribution is -2.17. The van der Waals surface area contributed by atoms with Gasteiger partial charge in [-0.15, -0.1) is 0 Å². The number of carbonyl (C=O) groups is 1. The van der Waals surface area contributed by atoms with Crippen molar-refractivity contribution >= 4 is 16.9 Å². The number of carbonyl (C=O) groups excluding carboxylic acids is 1. The molecule has 80 valence electrons. The third kappa shape index (κ3) is 2.61. The zero-order valence-corrected chi connectivity index (χ0v) is 9.24. The topological polar surface area (TPSA) is 37.3 Å². The summed E-state index contributed by atoms with van der Waals surface area (Å²) in [5.41, 5.74) is 0.724. The van der Waals surface area contributed by atoms with Gasteiger partial charge < -0.3 is 5.11 Å². The maximum Gasteiger partial charge on any atom is 0.219 e. The van der Waals surface area contributed by atoms with Gasteiger partial charge >= 0.3 is 0 Å². The van der Waals surface area contributed by atoms with Crippen LogP contribution in [0.1, 0.15) is 29.6 Å². The monoisotopic (exact) mass is 222 g/mol. The zero-order chi connectivity index (χ0) is 10.7. The summed E-state index contributed by atoms with van der Waals surface area (Å²) in [6.45, 7) is 0. The fourth-order valence-electron chi connectivity index (χ4n) is 1.82. The Morgan fingerprint density at radius 3 is 2.60 bits per heavy atom. The molecule has 2 atom stereocenters. The molecule has 0 spiro atoms. The van der Waals surface area contributed by atoms with Gasteiger partial charge in [0.25, 0.3) is 0 Å². The second kappa shape index (κ2) is 4.81. The molecule has 0 saturated heterocycles. The van der Waals surface area contributed by atoms with E-state index >= 15 is 0 Å². The SMILES string of the molecule is O=C(SC1CCCC1O)c1ccccc1. The van der Waals surface area contributed by atoms with E-state index in [0.29, 0.717) is 0 Å². The van der Waals surface area contributed by atoms with E-state index < -0.39 is 0 Å². The van der Waals surface area contributed by atoms with Gasteiger partial charge in [0.05, 0.1) is 6.10 Å². The van der Waals surface area contributed by atoms with E-state index in [0.717, 1.165) is 24.8 Å². The fourth-order valence-corrected chi connectivity index (χ4v) is 2.95. The number of rotatable bonds is 2. The predicted octanol–water partition coefficient (Wildman–Crippen LogP) is 2.47. The molecule has 1 aliphatic rings. The first-order valence-corrected chi connectivity index (χ1v) is 6.09. The minimum Gasteiger partial charge on any atom is -0.392 e. The number of aliphatic hydroxyl groups is 1. The van der Waals surface area contributed by atoms with Crippen molar-refractivity contribution < 1.29 is 9.90 Å². The smallest absolute Gasteiger partial charge is 0.219 e. The molecule has 1 aromatic rings. The number of hydrogen-bond donors (Lipinski definition) is 1. The van der Waals surface area contributed by atoms with E-state index in [1.807, 2.05) is 30.3 Å². The number of aliphatic hydroxyl groups excluding tert-OH is 1. The van der Waals surface area contributed by atoms with Gasteiger partial charge in [0, 0.05) is 10.8 Å². The van der Waals surface area contributed by atoms with Crippen LogP contribution >= 0.6 is 11.8 Å². The lowest BCUT2D eigenvalue weighted by molar-refractivity contribution is 0.108. The highest BCUT2D eigenvalue weighted by atomic mass is 32.2. The van der Waals surface area contributed by atoms with Crippen molar-refractivity contribution in [1.82, 2.24) is 0 Å². The molecule has 2 unspecified atom stereocenters. The van der Waals surface area contributed by atoms with Crippen LogP contribution in [0.4, 0.5) is 0 Å². The third-order valence-corrected chi connectivity index (χ3v) is 3.99. The molecule has 0 aliphatic heterocycles. The lowest BCUT2D eigenvalue weighted by atomic mass is 10.2. The predicted molar refractivity (Wildman–Crippen MR) is 62.0 cm³/mol. The molecule has 15 heavy (non-hydrogen) atoms. The summed E-state index contributed by atoms with van der Waals surface area (Å²) < 4.78 is 0. The normalized spacial score (nSPS) is 25.4. The molecule has 2 rings (SSSR count). The van der Waals surface area contributed by atoms with E-state index in [9.17, 15) is 9.90 Å². The number of benzene rings is 1. The molecule has 1 saturated carbocycles. The van der Waals surface area contributed by atoms with E-state index in [4.69, 9.17) is 0 Å². The number of hydrogen-bond acceptors (Lipinski definition) is 3. The molecule has 1 N–H and O–H groups in total. The van der Waals surface area contributed by atoms with Crippen molar-refractivity contribution in [2.45, 2.75) is 30.6 Å². The van der Waals surface area contributed by atoms with Crippen LogP contribution in [-0.4, -0.2) is 21.6 Å². The molecule has 1 aromatic carbocycles. The van der Waals surface area contributed by atoms with Gasteiger partial charge in [0.15, 0.2) is 0 Å². The van der Waals surface area contributed by atoms with Gasteiger partial charge in [-0.1, -0.05) is 42.1 Å². The second-order valence-corrected chi connectivity index (χ2v) is 5.02. The highest BCUT2D eigenvalue weighted by Crippen LogP contribution is 2.31. The Morgan fingerprint density at radius 1 is 1.27 bits per heavy atom. The van der Waals surface area contributed by atoms with Crippen LogP contribution in [0.2, 0.25) is 0 Å². The molecular formula is C12H14O2S. The Kier molecular flexibility index (Phi) is 3.44. The van der Waals surface area contributed by atoms with Gasteiger partial charge in [-0.2, -0.15) is 0 Å². The summed E-state index contributed by atoms with van der Waals surface area (Å²) in [7, 11) is 0. The van der Waals surface area contributed by atoms with Crippen molar-refractivity contribution in [3.63, 3.8) is 0 Å². The van der Waals surface area contributed by atoms with Gasteiger partial charge in [0.1, 0.15) is 0 Å². The van der Waals surface area contributed by atoms with Crippen LogP contribution in [0.25, 0.3) is 0 Å². The first kappa shape index (κ1) is 10.7. The van der Waals surface area contributed by atoms with Crippen molar-refractivity contribution in [3.05, 3.63) is 35.9 Å². The molecular weight excluding hydrogens is 208 g/mol. The Balaban J connectivity index is 1.98. The van der Waals surface area contributed by atoms with Gasteiger partial charge in [-0.05, 0) is 19.3 Å². The standard InChI is InChI=1S/C12H14O2S/c13-10-7-4-8-11(10)15-12(14)9-5-2-1-3-6-9/h1-3,5-6,10-11,13H,4,7-8H2. The molecule has 2 nitrogen and oxygen atoms in total. The Labute approximate surface area is 93.7 Å². The fraction of sp³-hybridized carbons (Fsp3) is 0.417. The molecule has 1 fully saturated rings. The third-order valence-electron chi connectivity index (χ3n) is 2.69. The zero-order valence-electron chi connectivity index (χ0n) is 8.43. The molecule has 3 heteroatoms. The van der Waals surface area contributed by atoms with Crippen LogP contribution in [0.15, 0.2) is 30.3 Å². The summed E-state index contributed by atoms with van der Waals surface area (Å²) in [5, 5.41) is 9.78. The summed E-state index contributed by atoms with van der Waals surface area (Å²) >= 11 is 1.28. The van der Waals surface area contributed by atoms with Crippen LogP contribution in [-0.2, 0) is 0 Å². The summed E-state index contributed by atoms with van der Waals surface area (Å²) in [6.07, 6.45) is 2.51. The van der Waals surface area contributed by atoms with Crippen LogP contribution in [0.5, 0.6) is 0 Å². The summed E-state index contributed by atoms with van der Waals surface area (Å²) in [4.78, 5) is 11.8. The van der Waals surface area contributed by atoms with E-state index in [2.05, 4.69) is 0 Å². The summed E-state index contributed by atoms with van der Waals surface area (Å²) in [6, 6.07) is 9.25. The number of thioether (sulfide) groups is 1. The van der Waals surface area contributed by atoms with Crippen LogP contribution in [0.3, 0.4) is 0 Å². The molecule has 0 radical (unpaired) electrons. The van der Waals surface area contributed by atoms with Crippen molar-refractivity contribution in [2.75, 3.05) is 0 Å². The van der Waals surface area contributed by atoms with Gasteiger partial charge in [-0.3, -0.25) is 4.79 Å².